The van der Waals surface area contributed by atoms with Gasteiger partial charge in [0.25, 0.3) is 0 Å². The van der Waals surface area contributed by atoms with Crippen LogP contribution in [0.4, 0.5) is 0 Å². The minimum Gasteiger partial charge on any atom is -0.273 e. The van der Waals surface area contributed by atoms with E-state index >= 15 is 0 Å². The first-order valence-corrected chi connectivity index (χ1v) is 8.35. The molecule has 116 valence electrons. The number of hydrogen-bond donors (Lipinski definition) is 0. The third-order valence-electron chi connectivity index (χ3n) is 3.32. The number of rotatable bonds is 6. The topological polar surface area (TPSA) is 73.0 Å². The quantitative estimate of drug-likeness (QED) is 0.805. The van der Waals surface area contributed by atoms with Gasteiger partial charge in [-0.3, -0.25) is 9.36 Å². The van der Waals surface area contributed by atoms with Crippen molar-refractivity contribution in [2.24, 2.45) is 0 Å². The van der Waals surface area contributed by atoms with E-state index < -0.39 is 10.0 Å². The molecule has 0 amide bonds. The van der Waals surface area contributed by atoms with Gasteiger partial charge in [-0.2, -0.15) is 14.5 Å². The van der Waals surface area contributed by atoms with E-state index in [0.29, 0.717) is 12.2 Å². The SMILES string of the molecule is CCn1ccc(CN(C)S(=O)(=O)c2cn(CC)nc2C)n1. The zero-order valence-corrected chi connectivity index (χ0v) is 13.6. The van der Waals surface area contributed by atoms with E-state index in [1.54, 1.807) is 29.5 Å². The summed E-state index contributed by atoms with van der Waals surface area (Å²) in [5.74, 6) is 0. The fraction of sp³-hybridized carbons (Fsp3) is 0.538. The van der Waals surface area contributed by atoms with Crippen molar-refractivity contribution in [1.82, 2.24) is 23.9 Å². The van der Waals surface area contributed by atoms with Crippen LogP contribution in [0.2, 0.25) is 0 Å². The van der Waals surface area contributed by atoms with E-state index in [9.17, 15) is 8.42 Å². The minimum atomic E-state index is -3.55. The van der Waals surface area contributed by atoms with Crippen LogP contribution in [0.5, 0.6) is 0 Å². The average molecular weight is 311 g/mol. The van der Waals surface area contributed by atoms with Gasteiger partial charge in [0.05, 0.1) is 17.9 Å². The number of nitrogens with zero attached hydrogens (tertiary/aromatic N) is 5. The Morgan fingerprint density at radius 3 is 2.38 bits per heavy atom. The minimum absolute atomic E-state index is 0.242. The Bertz CT molecular complexity index is 717. The highest BCUT2D eigenvalue weighted by molar-refractivity contribution is 7.89. The van der Waals surface area contributed by atoms with E-state index in [-0.39, 0.29) is 11.4 Å². The van der Waals surface area contributed by atoms with E-state index in [1.807, 2.05) is 26.1 Å². The maximum atomic E-state index is 12.6. The van der Waals surface area contributed by atoms with Crippen LogP contribution in [0.15, 0.2) is 23.4 Å². The standard InChI is InChI=1S/C13H21N5O2S/c1-5-17-8-7-12(15-17)9-16(4)21(19,20)13-10-18(6-2)14-11(13)3/h7-8,10H,5-6,9H2,1-4H3. The van der Waals surface area contributed by atoms with Crippen molar-refractivity contribution in [3.05, 3.63) is 29.8 Å². The van der Waals surface area contributed by atoms with Gasteiger partial charge in [0.2, 0.25) is 10.0 Å². The van der Waals surface area contributed by atoms with Crippen LogP contribution in [0.25, 0.3) is 0 Å². The second kappa shape index (κ2) is 5.98. The van der Waals surface area contributed by atoms with Crippen molar-refractivity contribution < 1.29 is 8.42 Å². The molecule has 21 heavy (non-hydrogen) atoms. The van der Waals surface area contributed by atoms with Gasteiger partial charge in [-0.25, -0.2) is 8.42 Å². The van der Waals surface area contributed by atoms with E-state index in [4.69, 9.17) is 0 Å². The highest BCUT2D eigenvalue weighted by Gasteiger charge is 2.25. The van der Waals surface area contributed by atoms with Gasteiger partial charge < -0.3 is 0 Å². The van der Waals surface area contributed by atoms with Crippen LogP contribution in [0, 0.1) is 6.92 Å². The molecular formula is C13H21N5O2S. The molecule has 0 atom stereocenters. The molecular weight excluding hydrogens is 290 g/mol. The number of aromatic nitrogens is 4. The summed E-state index contributed by atoms with van der Waals surface area (Å²) in [6, 6.07) is 1.83. The molecule has 0 aliphatic carbocycles. The van der Waals surface area contributed by atoms with E-state index in [0.717, 1.165) is 12.2 Å². The van der Waals surface area contributed by atoms with E-state index in [1.165, 1.54) is 4.31 Å². The summed E-state index contributed by atoms with van der Waals surface area (Å²) in [4.78, 5) is 0.252. The van der Waals surface area contributed by atoms with E-state index in [2.05, 4.69) is 10.2 Å². The first-order chi connectivity index (χ1) is 9.88. The highest BCUT2D eigenvalue weighted by Crippen LogP contribution is 2.19. The summed E-state index contributed by atoms with van der Waals surface area (Å²) in [5.41, 5.74) is 1.24. The summed E-state index contributed by atoms with van der Waals surface area (Å²) < 4.78 is 29.9. The van der Waals surface area contributed by atoms with Crippen molar-refractivity contribution in [3.63, 3.8) is 0 Å². The molecule has 0 aromatic carbocycles. The third-order valence-corrected chi connectivity index (χ3v) is 5.22. The van der Waals surface area contributed by atoms with Gasteiger partial charge in [0.15, 0.2) is 0 Å². The van der Waals surface area contributed by atoms with Crippen molar-refractivity contribution in [1.29, 1.82) is 0 Å². The molecule has 0 fully saturated rings. The predicted molar refractivity (Wildman–Crippen MR) is 79.2 cm³/mol. The number of hydrogen-bond acceptors (Lipinski definition) is 4. The maximum absolute atomic E-state index is 12.6. The van der Waals surface area contributed by atoms with Crippen LogP contribution in [0.1, 0.15) is 25.2 Å². The lowest BCUT2D eigenvalue weighted by Gasteiger charge is -2.15. The van der Waals surface area contributed by atoms with Crippen LogP contribution in [-0.2, 0) is 29.7 Å². The third kappa shape index (κ3) is 3.16. The summed E-state index contributed by atoms with van der Waals surface area (Å²) in [6.07, 6.45) is 3.42. The van der Waals surface area contributed by atoms with Crippen LogP contribution in [-0.4, -0.2) is 39.3 Å². The van der Waals surface area contributed by atoms with Crippen molar-refractivity contribution in [2.45, 2.75) is 45.3 Å². The largest absolute Gasteiger partial charge is 0.273 e. The summed E-state index contributed by atoms with van der Waals surface area (Å²) in [5, 5.41) is 8.50. The Morgan fingerprint density at radius 2 is 1.86 bits per heavy atom. The summed E-state index contributed by atoms with van der Waals surface area (Å²) in [7, 11) is -2.00. The Balaban J connectivity index is 2.23. The molecule has 2 aromatic heterocycles. The predicted octanol–water partition coefficient (Wildman–Crippen LogP) is 1.25. The second-order valence-electron chi connectivity index (χ2n) is 4.86. The first-order valence-electron chi connectivity index (χ1n) is 6.91. The zero-order valence-electron chi connectivity index (χ0n) is 12.8. The molecule has 0 spiro atoms. The van der Waals surface area contributed by atoms with Gasteiger partial charge in [0, 0.05) is 32.5 Å². The maximum Gasteiger partial charge on any atom is 0.246 e. The molecule has 0 aliphatic heterocycles. The first kappa shape index (κ1) is 15.7. The molecule has 0 aliphatic rings. The Morgan fingerprint density at radius 1 is 1.19 bits per heavy atom. The summed E-state index contributed by atoms with van der Waals surface area (Å²) in [6.45, 7) is 7.26. The smallest absolute Gasteiger partial charge is 0.246 e. The molecule has 0 N–H and O–H groups in total. The molecule has 8 heteroatoms. The Hall–Kier alpha value is -1.67. The van der Waals surface area contributed by atoms with Crippen molar-refractivity contribution >= 4 is 10.0 Å². The number of aryl methyl sites for hydroxylation is 3. The fourth-order valence-electron chi connectivity index (χ4n) is 2.06. The Kier molecular flexibility index (Phi) is 4.48. The molecule has 0 saturated carbocycles. The van der Waals surface area contributed by atoms with Gasteiger partial charge in [-0.05, 0) is 26.8 Å². The molecule has 2 heterocycles. The lowest BCUT2D eigenvalue weighted by Crippen LogP contribution is -2.27. The molecule has 0 saturated heterocycles. The average Bonchev–Trinajstić information content (AvgIpc) is 3.05. The Labute approximate surface area is 125 Å². The van der Waals surface area contributed by atoms with Crippen LogP contribution < -0.4 is 0 Å². The molecule has 7 nitrogen and oxygen atoms in total. The number of sulfonamides is 1. The highest BCUT2D eigenvalue weighted by atomic mass is 32.2. The second-order valence-corrected chi connectivity index (χ2v) is 6.87. The molecule has 0 bridgehead atoms. The zero-order chi connectivity index (χ0) is 15.6. The van der Waals surface area contributed by atoms with Gasteiger partial charge in [0.1, 0.15) is 4.90 Å². The van der Waals surface area contributed by atoms with Crippen LogP contribution >= 0.6 is 0 Å². The van der Waals surface area contributed by atoms with Gasteiger partial charge in [-0.1, -0.05) is 0 Å². The lowest BCUT2D eigenvalue weighted by molar-refractivity contribution is 0.458. The summed E-state index contributed by atoms with van der Waals surface area (Å²) >= 11 is 0. The fourth-order valence-corrected chi connectivity index (χ4v) is 3.37. The molecule has 2 aromatic rings. The molecule has 0 radical (unpaired) electrons. The molecule has 0 unspecified atom stereocenters. The normalized spacial score (nSPS) is 12.2. The van der Waals surface area contributed by atoms with Crippen molar-refractivity contribution in [3.8, 4) is 0 Å². The van der Waals surface area contributed by atoms with Gasteiger partial charge in [-0.15, -0.1) is 0 Å². The van der Waals surface area contributed by atoms with Crippen LogP contribution in [0.3, 0.4) is 0 Å². The lowest BCUT2D eigenvalue weighted by atomic mass is 10.4. The van der Waals surface area contributed by atoms with Gasteiger partial charge >= 0.3 is 0 Å². The monoisotopic (exact) mass is 311 g/mol. The molecule has 2 rings (SSSR count). The van der Waals surface area contributed by atoms with Crippen molar-refractivity contribution in [2.75, 3.05) is 7.05 Å².